The monoisotopic (exact) mass is 225 g/mol. The molecular formula is C10H18F3NO. The van der Waals surface area contributed by atoms with E-state index in [1.54, 1.807) is 0 Å². The molecule has 0 aliphatic heterocycles. The molecule has 0 aromatic heterocycles. The average Bonchev–Trinajstić information content (AvgIpc) is 2.61. The second-order valence-electron chi connectivity index (χ2n) is 4.02. The van der Waals surface area contributed by atoms with E-state index in [4.69, 9.17) is 4.74 Å². The minimum atomic E-state index is -4.12. The summed E-state index contributed by atoms with van der Waals surface area (Å²) in [6.45, 7) is 0.409. The van der Waals surface area contributed by atoms with E-state index in [1.807, 2.05) is 0 Å². The lowest BCUT2D eigenvalue weighted by molar-refractivity contribution is -0.125. The second kappa shape index (κ2) is 6.33. The van der Waals surface area contributed by atoms with Crippen LogP contribution in [0.15, 0.2) is 0 Å². The van der Waals surface area contributed by atoms with Gasteiger partial charge in [-0.2, -0.15) is 13.2 Å². The van der Waals surface area contributed by atoms with Crippen LogP contribution >= 0.6 is 0 Å². The van der Waals surface area contributed by atoms with Crippen LogP contribution in [0.1, 0.15) is 25.7 Å². The van der Waals surface area contributed by atoms with Crippen LogP contribution in [0.2, 0.25) is 0 Å². The standard InChI is InChI=1S/C10H18F3NO/c11-10(12,13)8-14-5-6-15-7-9-3-1-2-4-9/h9,14H,1-8H2. The number of nitrogens with one attached hydrogen (secondary N) is 1. The summed E-state index contributed by atoms with van der Waals surface area (Å²) >= 11 is 0. The van der Waals surface area contributed by atoms with E-state index in [-0.39, 0.29) is 6.54 Å². The minimum Gasteiger partial charge on any atom is -0.380 e. The molecule has 0 aromatic rings. The van der Waals surface area contributed by atoms with Crippen LogP contribution in [0.25, 0.3) is 0 Å². The number of halogens is 3. The zero-order chi connectivity index (χ0) is 11.1. The smallest absolute Gasteiger partial charge is 0.380 e. The molecule has 1 aliphatic carbocycles. The quantitative estimate of drug-likeness (QED) is 0.700. The molecule has 0 atom stereocenters. The van der Waals surface area contributed by atoms with Crippen molar-refractivity contribution in [1.82, 2.24) is 5.32 Å². The lowest BCUT2D eigenvalue weighted by atomic mass is 10.1. The third-order valence-corrected chi connectivity index (χ3v) is 2.58. The summed E-state index contributed by atoms with van der Waals surface area (Å²) in [5.41, 5.74) is 0. The van der Waals surface area contributed by atoms with Gasteiger partial charge in [0, 0.05) is 13.2 Å². The van der Waals surface area contributed by atoms with Gasteiger partial charge in [-0.3, -0.25) is 0 Å². The molecule has 0 aromatic carbocycles. The van der Waals surface area contributed by atoms with Crippen molar-refractivity contribution in [3.8, 4) is 0 Å². The normalized spacial score (nSPS) is 18.6. The van der Waals surface area contributed by atoms with Crippen molar-refractivity contribution in [3.63, 3.8) is 0 Å². The fraction of sp³-hybridized carbons (Fsp3) is 1.00. The van der Waals surface area contributed by atoms with Gasteiger partial charge in [-0.15, -0.1) is 0 Å². The summed E-state index contributed by atoms with van der Waals surface area (Å²) in [5, 5.41) is 2.30. The highest BCUT2D eigenvalue weighted by Crippen LogP contribution is 2.24. The number of ether oxygens (including phenoxy) is 1. The summed E-state index contributed by atoms with van der Waals surface area (Å²) in [5.74, 6) is 0.632. The van der Waals surface area contributed by atoms with E-state index in [0.29, 0.717) is 19.1 Å². The maximum atomic E-state index is 11.7. The van der Waals surface area contributed by atoms with Crippen LogP contribution in [0.3, 0.4) is 0 Å². The zero-order valence-corrected chi connectivity index (χ0v) is 8.78. The largest absolute Gasteiger partial charge is 0.401 e. The molecule has 0 amide bonds. The fourth-order valence-corrected chi connectivity index (χ4v) is 1.80. The van der Waals surface area contributed by atoms with Crippen molar-refractivity contribution in [2.45, 2.75) is 31.9 Å². The zero-order valence-electron chi connectivity index (χ0n) is 8.78. The first-order valence-corrected chi connectivity index (χ1v) is 5.43. The number of rotatable bonds is 6. The highest BCUT2D eigenvalue weighted by atomic mass is 19.4. The second-order valence-corrected chi connectivity index (χ2v) is 4.02. The van der Waals surface area contributed by atoms with Gasteiger partial charge < -0.3 is 10.1 Å². The molecule has 1 N–H and O–H groups in total. The molecule has 90 valence electrons. The maximum Gasteiger partial charge on any atom is 0.401 e. The van der Waals surface area contributed by atoms with Gasteiger partial charge in [-0.05, 0) is 18.8 Å². The first kappa shape index (κ1) is 12.8. The predicted octanol–water partition coefficient (Wildman–Crippen LogP) is 2.35. The van der Waals surface area contributed by atoms with Gasteiger partial charge in [0.15, 0.2) is 0 Å². The third-order valence-electron chi connectivity index (χ3n) is 2.58. The van der Waals surface area contributed by atoms with Crippen molar-refractivity contribution in [1.29, 1.82) is 0 Å². The molecule has 0 unspecified atom stereocenters. The van der Waals surface area contributed by atoms with Gasteiger partial charge in [0.1, 0.15) is 0 Å². The van der Waals surface area contributed by atoms with Gasteiger partial charge in [0.2, 0.25) is 0 Å². The molecule has 1 aliphatic rings. The third kappa shape index (κ3) is 6.73. The van der Waals surface area contributed by atoms with Gasteiger partial charge in [-0.1, -0.05) is 12.8 Å². The van der Waals surface area contributed by atoms with E-state index in [1.165, 1.54) is 25.7 Å². The van der Waals surface area contributed by atoms with Gasteiger partial charge in [0.05, 0.1) is 13.2 Å². The van der Waals surface area contributed by atoms with E-state index < -0.39 is 12.7 Å². The highest BCUT2D eigenvalue weighted by Gasteiger charge is 2.25. The number of hydrogen-bond acceptors (Lipinski definition) is 2. The molecule has 1 fully saturated rings. The van der Waals surface area contributed by atoms with Crippen LogP contribution in [-0.4, -0.2) is 32.5 Å². The molecule has 0 saturated heterocycles. The Bertz CT molecular complexity index is 167. The molecule has 15 heavy (non-hydrogen) atoms. The SMILES string of the molecule is FC(F)(F)CNCCOCC1CCCC1. The first-order valence-electron chi connectivity index (χ1n) is 5.43. The highest BCUT2D eigenvalue weighted by molar-refractivity contribution is 4.66. The van der Waals surface area contributed by atoms with Crippen LogP contribution in [0, 0.1) is 5.92 Å². The Kier molecular flexibility index (Phi) is 5.39. The molecule has 5 heteroatoms. The lowest BCUT2D eigenvalue weighted by Crippen LogP contribution is -2.31. The molecule has 0 radical (unpaired) electrons. The van der Waals surface area contributed by atoms with Crippen molar-refractivity contribution < 1.29 is 17.9 Å². The van der Waals surface area contributed by atoms with Gasteiger partial charge in [-0.25, -0.2) is 0 Å². The molecule has 0 heterocycles. The molecule has 0 bridgehead atoms. The van der Waals surface area contributed by atoms with Crippen molar-refractivity contribution in [3.05, 3.63) is 0 Å². The van der Waals surface area contributed by atoms with Crippen molar-refractivity contribution >= 4 is 0 Å². The number of hydrogen-bond donors (Lipinski definition) is 1. The maximum absolute atomic E-state index is 11.7. The van der Waals surface area contributed by atoms with Gasteiger partial charge >= 0.3 is 6.18 Å². The van der Waals surface area contributed by atoms with Crippen LogP contribution in [-0.2, 0) is 4.74 Å². The van der Waals surface area contributed by atoms with E-state index >= 15 is 0 Å². The van der Waals surface area contributed by atoms with Crippen molar-refractivity contribution in [2.24, 2.45) is 5.92 Å². The van der Waals surface area contributed by atoms with E-state index in [2.05, 4.69) is 5.32 Å². The van der Waals surface area contributed by atoms with E-state index in [0.717, 1.165) is 0 Å². The molecule has 1 saturated carbocycles. The van der Waals surface area contributed by atoms with Crippen LogP contribution in [0.4, 0.5) is 13.2 Å². The van der Waals surface area contributed by atoms with Gasteiger partial charge in [0.25, 0.3) is 0 Å². The Balaban J connectivity index is 1.84. The Morgan fingerprint density at radius 3 is 2.47 bits per heavy atom. The van der Waals surface area contributed by atoms with Crippen LogP contribution < -0.4 is 5.32 Å². The molecule has 0 spiro atoms. The summed E-state index contributed by atoms with van der Waals surface area (Å²) in [4.78, 5) is 0. The minimum absolute atomic E-state index is 0.270. The number of alkyl halides is 3. The average molecular weight is 225 g/mol. The Morgan fingerprint density at radius 1 is 1.20 bits per heavy atom. The predicted molar refractivity (Wildman–Crippen MR) is 51.7 cm³/mol. The summed E-state index contributed by atoms with van der Waals surface area (Å²) in [7, 11) is 0. The first-order chi connectivity index (χ1) is 7.08. The summed E-state index contributed by atoms with van der Waals surface area (Å²) in [6, 6.07) is 0. The molecule has 2 nitrogen and oxygen atoms in total. The van der Waals surface area contributed by atoms with Crippen LogP contribution in [0.5, 0.6) is 0 Å². The Morgan fingerprint density at radius 2 is 1.87 bits per heavy atom. The summed E-state index contributed by atoms with van der Waals surface area (Å²) < 4.78 is 40.4. The molecular weight excluding hydrogens is 207 g/mol. The molecule has 1 rings (SSSR count). The van der Waals surface area contributed by atoms with E-state index in [9.17, 15) is 13.2 Å². The Labute approximate surface area is 88.2 Å². The summed E-state index contributed by atoms with van der Waals surface area (Å²) in [6.07, 6.45) is 0.818. The topological polar surface area (TPSA) is 21.3 Å². The fourth-order valence-electron chi connectivity index (χ4n) is 1.80. The van der Waals surface area contributed by atoms with Crippen molar-refractivity contribution in [2.75, 3.05) is 26.3 Å². The Hall–Kier alpha value is -0.290. The lowest BCUT2D eigenvalue weighted by Gasteiger charge is -2.11.